The Balaban J connectivity index is 1.22. The molecule has 11 nitrogen and oxygen atoms in total. The van der Waals surface area contributed by atoms with Gasteiger partial charge in [0.2, 0.25) is 0 Å². The Bertz CT molecular complexity index is 1910. The Morgan fingerprint density at radius 3 is 2.63 bits per heavy atom. The lowest BCUT2D eigenvalue weighted by Gasteiger charge is -2.44. The number of ether oxygens (including phenoxy) is 3. The van der Waals surface area contributed by atoms with E-state index < -0.39 is 30.1 Å². The molecule has 3 aliphatic rings. The van der Waals surface area contributed by atoms with Crippen molar-refractivity contribution in [1.29, 1.82) is 0 Å². The molecule has 3 atom stereocenters. The molecule has 0 saturated carbocycles. The number of alkyl carbamates (subject to hydrolysis) is 1. The number of nitrogens with one attached hydrogen (secondary N) is 2. The Morgan fingerprint density at radius 2 is 1.92 bits per heavy atom. The van der Waals surface area contributed by atoms with E-state index in [4.69, 9.17) is 28.5 Å². The van der Waals surface area contributed by atoms with Crippen molar-refractivity contribution in [3.05, 3.63) is 53.9 Å². The second kappa shape index (κ2) is 12.4. The number of rotatable bonds is 9. The van der Waals surface area contributed by atoms with Crippen molar-refractivity contribution >= 4 is 46.8 Å². The third kappa shape index (κ3) is 5.58. The van der Waals surface area contributed by atoms with Crippen LogP contribution in [0, 0.1) is 5.92 Å². The molecule has 258 valence electrons. The average Bonchev–Trinajstić information content (AvgIpc) is 3.80. The summed E-state index contributed by atoms with van der Waals surface area (Å²) < 4.78 is 29.3. The molecule has 0 aliphatic carbocycles. The van der Waals surface area contributed by atoms with Crippen molar-refractivity contribution in [3.8, 4) is 16.9 Å². The van der Waals surface area contributed by atoms with Gasteiger partial charge in [0.05, 0.1) is 35.4 Å². The van der Waals surface area contributed by atoms with E-state index in [2.05, 4.69) is 79.3 Å². The molecule has 2 fully saturated rings. The first kappa shape index (κ1) is 33.5. The normalized spacial score (nSPS) is 21.5. The molecule has 4 heterocycles. The Labute approximate surface area is 287 Å². The molecule has 1 aromatic heterocycles. The fraction of sp³-hybridized carbons (Fsp3) is 0.486. The number of aromatic nitrogens is 2. The van der Waals surface area contributed by atoms with Crippen LogP contribution >= 0.6 is 0 Å². The van der Waals surface area contributed by atoms with Crippen LogP contribution in [0.5, 0.6) is 5.75 Å². The quantitative estimate of drug-likeness (QED) is 0.172. The van der Waals surface area contributed by atoms with Crippen LogP contribution in [0.25, 0.3) is 32.9 Å². The molecule has 2 N–H and O–H groups in total. The van der Waals surface area contributed by atoms with Crippen LogP contribution in [0.2, 0.25) is 0 Å². The fourth-order valence-electron chi connectivity index (χ4n) is 7.52. The molecule has 2 saturated heterocycles. The number of carbonyl (C=O) groups excluding carboxylic acids is 2. The first-order valence-electron chi connectivity index (χ1n) is 17.1. The molecule has 0 bridgehead atoms. The number of benzene rings is 3. The van der Waals surface area contributed by atoms with Gasteiger partial charge in [0, 0.05) is 37.1 Å². The second-order valence-electron chi connectivity index (χ2n) is 14.5. The van der Waals surface area contributed by atoms with E-state index in [1.165, 1.54) is 7.11 Å². The van der Waals surface area contributed by atoms with Crippen molar-refractivity contribution < 1.29 is 33.1 Å². The maximum absolute atomic E-state index is 12.9. The number of imidazole rings is 1. The van der Waals surface area contributed by atoms with Gasteiger partial charge in [-0.2, -0.15) is 0 Å². The van der Waals surface area contributed by atoms with Crippen molar-refractivity contribution in [2.45, 2.75) is 83.4 Å². The summed E-state index contributed by atoms with van der Waals surface area (Å²) in [7, 11) is 2.49. The zero-order chi connectivity index (χ0) is 34.7. The summed E-state index contributed by atoms with van der Waals surface area (Å²) in [5.74, 6) is 1.29. The molecule has 1 amide bonds. The maximum atomic E-state index is 12.9. The monoisotopic (exact) mass is 668 g/mol. The minimum atomic E-state index is -1.30. The predicted molar refractivity (Wildman–Crippen MR) is 188 cm³/mol. The molecular weight excluding hydrogens is 623 g/mol. The fourth-order valence-corrected chi connectivity index (χ4v) is 7.52. The number of aromatic amines is 1. The number of carbonyl (C=O) groups is 2. The van der Waals surface area contributed by atoms with Crippen molar-refractivity contribution in [2.24, 2.45) is 5.92 Å². The zero-order valence-electron chi connectivity index (χ0n) is 29.3. The van der Waals surface area contributed by atoms with Crippen LogP contribution in [0.1, 0.15) is 71.3 Å². The first-order chi connectivity index (χ1) is 23.4. The van der Waals surface area contributed by atoms with Gasteiger partial charge in [-0.1, -0.05) is 31.2 Å². The summed E-state index contributed by atoms with van der Waals surface area (Å²) in [5, 5.41) is 4.90. The summed E-state index contributed by atoms with van der Waals surface area (Å²) in [6, 6.07) is 14.5. The highest BCUT2D eigenvalue weighted by Crippen LogP contribution is 2.44. The first-order valence-corrected chi connectivity index (χ1v) is 17.1. The van der Waals surface area contributed by atoms with E-state index in [0.29, 0.717) is 26.2 Å². The van der Waals surface area contributed by atoms with E-state index in [1.807, 2.05) is 13.0 Å². The molecule has 49 heavy (non-hydrogen) atoms. The second-order valence-corrected chi connectivity index (χ2v) is 14.5. The van der Waals surface area contributed by atoms with Crippen LogP contribution in [0.15, 0.2) is 42.5 Å². The lowest BCUT2D eigenvalue weighted by atomic mass is 9.77. The van der Waals surface area contributed by atoms with Crippen molar-refractivity contribution in [2.75, 3.05) is 27.4 Å². The van der Waals surface area contributed by atoms with Gasteiger partial charge in [0.15, 0.2) is 11.9 Å². The van der Waals surface area contributed by atoms with Crippen molar-refractivity contribution in [1.82, 2.24) is 20.2 Å². The molecule has 7 rings (SSSR count). The van der Waals surface area contributed by atoms with E-state index >= 15 is 0 Å². The number of aldehydes is 1. The predicted octanol–water partition coefficient (Wildman–Crippen LogP) is 5.64. The summed E-state index contributed by atoms with van der Waals surface area (Å²) in [4.78, 5) is 36.3. The molecule has 3 aliphatic heterocycles. The minimum absolute atomic E-state index is 0.228. The number of hydrogen-bond acceptors (Lipinski definition) is 9. The molecule has 0 radical (unpaired) electrons. The lowest BCUT2D eigenvalue weighted by molar-refractivity contribution is -0.126. The minimum Gasteiger partial charge on any atom is -0.488 e. The highest BCUT2D eigenvalue weighted by molar-refractivity contribution is 6.62. The summed E-state index contributed by atoms with van der Waals surface area (Å²) in [5.41, 5.74) is 3.82. The van der Waals surface area contributed by atoms with E-state index in [0.717, 1.165) is 74.7 Å². The standard InChI is InChI=1S/C37H45BN4O7/c1-22(14-16-45-6)37(21-43,41-34(44)46-7)42-15-8-9-30(42)33-39-29-13-10-23-18-28-26-12-11-25(38-48-35(2,3)36(4,5)49-38)17-24(26)20-47-31(28)19-27(23)32(29)40-33/h10-13,17-19,21-22,30H,8-9,14-16,20H2,1-7H3,(H,39,40)(H,41,44)/t22?,30?,37-/m1/s1. The van der Waals surface area contributed by atoms with Gasteiger partial charge in [-0.3, -0.25) is 15.0 Å². The summed E-state index contributed by atoms with van der Waals surface area (Å²) >= 11 is 0. The van der Waals surface area contributed by atoms with Gasteiger partial charge in [-0.25, -0.2) is 9.78 Å². The zero-order valence-corrected chi connectivity index (χ0v) is 29.3. The number of H-pyrrole nitrogens is 1. The number of amides is 1. The SMILES string of the molecule is COCCC(C)[C@](C=O)(NC(=O)OC)N1CCCC1c1nc2c(ccc3cc4c(cc32)OCc2cc(B3OC(C)(C)C(C)(C)O3)ccc2-4)[nH]1. The number of hydrogen-bond donors (Lipinski definition) is 2. The topological polar surface area (TPSA) is 124 Å². The van der Waals surface area contributed by atoms with Gasteiger partial charge >= 0.3 is 13.2 Å². The van der Waals surface area contributed by atoms with Crippen molar-refractivity contribution in [3.63, 3.8) is 0 Å². The number of likely N-dealkylation sites (tertiary alicyclic amines) is 1. The van der Waals surface area contributed by atoms with Crippen LogP contribution in [-0.4, -0.2) is 78.6 Å². The molecule has 0 spiro atoms. The maximum Gasteiger partial charge on any atom is 0.494 e. The molecule has 2 unspecified atom stereocenters. The van der Waals surface area contributed by atoms with Gasteiger partial charge in [0.25, 0.3) is 0 Å². The highest BCUT2D eigenvalue weighted by Gasteiger charge is 2.52. The summed E-state index contributed by atoms with van der Waals surface area (Å²) in [6.07, 6.45) is 2.36. The highest BCUT2D eigenvalue weighted by atomic mass is 16.7. The van der Waals surface area contributed by atoms with Gasteiger partial charge < -0.3 is 28.5 Å². The van der Waals surface area contributed by atoms with E-state index in [-0.39, 0.29) is 12.0 Å². The number of fused-ring (bicyclic) bond motifs is 6. The molecule has 12 heteroatoms. The number of methoxy groups -OCH3 is 2. The number of nitrogens with zero attached hydrogens (tertiary/aromatic N) is 2. The van der Waals surface area contributed by atoms with Crippen LogP contribution in [-0.2, 0) is 30.2 Å². The average molecular weight is 669 g/mol. The smallest absolute Gasteiger partial charge is 0.488 e. The molecule has 3 aromatic carbocycles. The Kier molecular flexibility index (Phi) is 8.50. The molecule has 4 aromatic rings. The Morgan fingerprint density at radius 1 is 1.14 bits per heavy atom. The largest absolute Gasteiger partial charge is 0.494 e. The third-order valence-electron chi connectivity index (χ3n) is 11.1. The third-order valence-corrected chi connectivity index (χ3v) is 11.1. The van der Waals surface area contributed by atoms with Crippen LogP contribution in [0.3, 0.4) is 0 Å². The van der Waals surface area contributed by atoms with Gasteiger partial charge in [-0.15, -0.1) is 0 Å². The van der Waals surface area contributed by atoms with Crippen LogP contribution < -0.4 is 15.5 Å². The lowest BCUT2D eigenvalue weighted by Crippen LogP contribution is -2.65. The van der Waals surface area contributed by atoms with Gasteiger partial charge in [0.1, 0.15) is 18.2 Å². The summed E-state index contributed by atoms with van der Waals surface area (Å²) in [6.45, 7) is 11.7. The molecular formula is C37H45BN4O7. The van der Waals surface area contributed by atoms with E-state index in [1.54, 1.807) is 7.11 Å². The van der Waals surface area contributed by atoms with E-state index in [9.17, 15) is 9.59 Å². The van der Waals surface area contributed by atoms with Crippen LogP contribution in [0.4, 0.5) is 4.79 Å². The Hall–Kier alpha value is -3.97. The van der Waals surface area contributed by atoms with Gasteiger partial charge in [-0.05, 0) is 87.1 Å².